The number of nitrogens with two attached hydrogens (primary N) is 1. The quantitative estimate of drug-likeness (QED) is 0.828. The Morgan fingerprint density at radius 3 is 2.57 bits per heavy atom. The third-order valence-corrected chi connectivity index (χ3v) is 4.64. The number of rotatable bonds is 5. The van der Waals surface area contributed by atoms with Crippen molar-refractivity contribution in [2.45, 2.75) is 44.6 Å². The zero-order valence-corrected chi connectivity index (χ0v) is 14.6. The molecule has 0 spiro atoms. The fourth-order valence-corrected chi connectivity index (χ4v) is 3.13. The second-order valence-corrected chi connectivity index (χ2v) is 6.50. The summed E-state index contributed by atoms with van der Waals surface area (Å²) in [6, 6.07) is 8.42. The van der Waals surface area contributed by atoms with Gasteiger partial charge >= 0.3 is 0 Å². The maximum Gasteiger partial charge on any atom is 0.220 e. The first kappa shape index (κ1) is 18.5. The average Bonchev–Trinajstić information content (AvgIpc) is 2.47. The van der Waals surface area contributed by atoms with Gasteiger partial charge in [-0.05, 0) is 49.4 Å². The molecule has 118 valence electrons. The largest absolute Gasteiger partial charge is 0.353 e. The van der Waals surface area contributed by atoms with E-state index < -0.39 is 0 Å². The van der Waals surface area contributed by atoms with E-state index in [4.69, 9.17) is 5.73 Å². The second-order valence-electron chi connectivity index (χ2n) is 5.58. The highest BCUT2D eigenvalue weighted by Gasteiger charge is 2.24. The van der Waals surface area contributed by atoms with Crippen molar-refractivity contribution in [2.24, 2.45) is 11.7 Å². The fourth-order valence-electron chi connectivity index (χ4n) is 2.87. The van der Waals surface area contributed by atoms with Gasteiger partial charge in [0.05, 0.1) is 0 Å². The minimum absolute atomic E-state index is 0. The molecule has 2 unspecified atom stereocenters. The van der Waals surface area contributed by atoms with Crippen LogP contribution in [0.2, 0.25) is 0 Å². The molecule has 0 aromatic heterocycles. The lowest BCUT2D eigenvalue weighted by Crippen LogP contribution is -2.44. The summed E-state index contributed by atoms with van der Waals surface area (Å²) in [4.78, 5) is 12.1. The summed E-state index contributed by atoms with van der Waals surface area (Å²) in [5.41, 5.74) is 6.99. The highest BCUT2D eigenvalue weighted by molar-refractivity contribution is 9.10. The van der Waals surface area contributed by atoms with Gasteiger partial charge in [-0.2, -0.15) is 0 Å². The minimum atomic E-state index is 0. The number of carbonyl (C=O) groups excluding carboxylic acids is 1. The topological polar surface area (TPSA) is 55.1 Å². The van der Waals surface area contributed by atoms with E-state index in [1.807, 2.05) is 12.1 Å². The minimum Gasteiger partial charge on any atom is -0.353 e. The maximum absolute atomic E-state index is 12.1. The van der Waals surface area contributed by atoms with Crippen molar-refractivity contribution in [1.82, 2.24) is 5.32 Å². The van der Waals surface area contributed by atoms with Gasteiger partial charge in [-0.1, -0.05) is 40.9 Å². The van der Waals surface area contributed by atoms with E-state index in [1.165, 1.54) is 18.4 Å². The molecule has 1 saturated carbocycles. The molecule has 1 amide bonds. The highest BCUT2D eigenvalue weighted by Crippen LogP contribution is 2.23. The zero-order valence-electron chi connectivity index (χ0n) is 12.2. The summed E-state index contributed by atoms with van der Waals surface area (Å²) in [5.74, 6) is 0.610. The Morgan fingerprint density at radius 2 is 1.90 bits per heavy atom. The van der Waals surface area contributed by atoms with Crippen LogP contribution in [-0.2, 0) is 11.2 Å². The van der Waals surface area contributed by atoms with Crippen LogP contribution in [0.1, 0.15) is 37.7 Å². The molecule has 21 heavy (non-hydrogen) atoms. The van der Waals surface area contributed by atoms with Crippen molar-refractivity contribution in [2.75, 3.05) is 6.54 Å². The first-order valence-corrected chi connectivity index (χ1v) is 8.22. The van der Waals surface area contributed by atoms with Gasteiger partial charge in [-0.25, -0.2) is 0 Å². The molecular weight excluding hydrogens is 352 g/mol. The number of benzene rings is 1. The molecule has 1 aromatic carbocycles. The molecule has 1 fully saturated rings. The van der Waals surface area contributed by atoms with Gasteiger partial charge in [0.25, 0.3) is 0 Å². The predicted octanol–water partition coefficient (Wildman–Crippen LogP) is 3.44. The van der Waals surface area contributed by atoms with Crippen LogP contribution in [0.5, 0.6) is 0 Å². The number of aryl methyl sites for hydroxylation is 1. The average molecular weight is 376 g/mol. The number of carbonyl (C=O) groups is 1. The molecule has 0 saturated heterocycles. The van der Waals surface area contributed by atoms with Gasteiger partial charge in [0.2, 0.25) is 5.91 Å². The molecular formula is C16H24BrClN2O. The Kier molecular flexibility index (Phi) is 8.30. The van der Waals surface area contributed by atoms with Crippen molar-refractivity contribution in [1.29, 1.82) is 0 Å². The second kappa shape index (κ2) is 9.44. The van der Waals surface area contributed by atoms with Gasteiger partial charge in [0.15, 0.2) is 0 Å². The summed E-state index contributed by atoms with van der Waals surface area (Å²) in [5, 5.41) is 3.17. The van der Waals surface area contributed by atoms with Crippen molar-refractivity contribution in [3.05, 3.63) is 34.3 Å². The molecule has 3 N–H and O–H groups in total. The highest BCUT2D eigenvalue weighted by atomic mass is 79.9. The smallest absolute Gasteiger partial charge is 0.220 e. The van der Waals surface area contributed by atoms with E-state index in [0.717, 1.165) is 23.7 Å². The Hall–Kier alpha value is -0.580. The normalized spacial score (nSPS) is 21.4. The lowest BCUT2D eigenvalue weighted by Gasteiger charge is -2.31. The van der Waals surface area contributed by atoms with E-state index >= 15 is 0 Å². The van der Waals surface area contributed by atoms with E-state index in [0.29, 0.717) is 18.9 Å². The van der Waals surface area contributed by atoms with Crippen molar-refractivity contribution >= 4 is 34.2 Å². The maximum atomic E-state index is 12.1. The number of nitrogens with one attached hydrogen (secondary N) is 1. The summed E-state index contributed by atoms with van der Waals surface area (Å²) in [7, 11) is 0. The number of hydrogen-bond donors (Lipinski definition) is 2. The van der Waals surface area contributed by atoms with Crippen LogP contribution in [0.15, 0.2) is 28.7 Å². The van der Waals surface area contributed by atoms with E-state index in [1.54, 1.807) is 0 Å². The standard InChI is InChI=1S/C16H23BrN2O.ClH/c17-14-8-5-12(6-9-14)7-10-16(20)19-15-4-2-1-3-13(15)11-18;/h5-6,8-9,13,15H,1-4,7,10-11,18H2,(H,19,20);1H. The fraction of sp³-hybridized carbons (Fsp3) is 0.562. The molecule has 2 rings (SSSR count). The molecule has 5 heteroatoms. The molecule has 1 aromatic rings. The van der Waals surface area contributed by atoms with Crippen LogP contribution < -0.4 is 11.1 Å². The monoisotopic (exact) mass is 374 g/mol. The molecule has 2 atom stereocenters. The van der Waals surface area contributed by atoms with E-state index in [9.17, 15) is 4.79 Å². The van der Waals surface area contributed by atoms with Crippen LogP contribution in [0.3, 0.4) is 0 Å². The zero-order chi connectivity index (χ0) is 14.4. The molecule has 1 aliphatic carbocycles. The van der Waals surface area contributed by atoms with Crippen molar-refractivity contribution in [3.8, 4) is 0 Å². The summed E-state index contributed by atoms with van der Waals surface area (Å²) in [6.07, 6.45) is 6.01. The SMILES string of the molecule is Cl.NCC1CCCCC1NC(=O)CCc1ccc(Br)cc1. The Balaban J connectivity index is 0.00000220. The summed E-state index contributed by atoms with van der Waals surface area (Å²) < 4.78 is 1.07. The van der Waals surface area contributed by atoms with Gasteiger partial charge in [0.1, 0.15) is 0 Å². The van der Waals surface area contributed by atoms with Crippen LogP contribution >= 0.6 is 28.3 Å². The van der Waals surface area contributed by atoms with Crippen LogP contribution in [0.25, 0.3) is 0 Å². The van der Waals surface area contributed by atoms with Gasteiger partial charge in [-0.15, -0.1) is 12.4 Å². The van der Waals surface area contributed by atoms with Gasteiger partial charge in [0, 0.05) is 16.9 Å². The van der Waals surface area contributed by atoms with E-state index in [2.05, 4.69) is 33.4 Å². The van der Waals surface area contributed by atoms with E-state index in [-0.39, 0.29) is 24.4 Å². The van der Waals surface area contributed by atoms with Crippen molar-refractivity contribution in [3.63, 3.8) is 0 Å². The van der Waals surface area contributed by atoms with Gasteiger partial charge < -0.3 is 11.1 Å². The first-order valence-electron chi connectivity index (χ1n) is 7.43. The Bertz CT molecular complexity index is 438. The lowest BCUT2D eigenvalue weighted by molar-refractivity contribution is -0.122. The van der Waals surface area contributed by atoms with Crippen LogP contribution in [-0.4, -0.2) is 18.5 Å². The van der Waals surface area contributed by atoms with Crippen LogP contribution in [0, 0.1) is 5.92 Å². The molecule has 0 aliphatic heterocycles. The molecule has 0 heterocycles. The molecule has 0 bridgehead atoms. The van der Waals surface area contributed by atoms with Crippen molar-refractivity contribution < 1.29 is 4.79 Å². The molecule has 0 radical (unpaired) electrons. The van der Waals surface area contributed by atoms with Crippen LogP contribution in [0.4, 0.5) is 0 Å². The summed E-state index contributed by atoms with van der Waals surface area (Å²) in [6.45, 7) is 0.678. The number of hydrogen-bond acceptors (Lipinski definition) is 2. The Labute approximate surface area is 141 Å². The summed E-state index contributed by atoms with van der Waals surface area (Å²) >= 11 is 3.41. The molecule has 1 aliphatic rings. The predicted molar refractivity (Wildman–Crippen MR) is 92.7 cm³/mol. The Morgan fingerprint density at radius 1 is 1.24 bits per heavy atom. The third kappa shape index (κ3) is 5.97. The lowest BCUT2D eigenvalue weighted by atomic mass is 9.84. The van der Waals surface area contributed by atoms with Gasteiger partial charge in [-0.3, -0.25) is 4.79 Å². The first-order chi connectivity index (χ1) is 9.69. The number of amides is 1. The molecule has 3 nitrogen and oxygen atoms in total. The number of halogens is 2. The third-order valence-electron chi connectivity index (χ3n) is 4.11.